The molecule has 1 N–H and O–H groups in total. The highest BCUT2D eigenvalue weighted by atomic mass is 35.5. The predicted octanol–water partition coefficient (Wildman–Crippen LogP) is 4.30. The molecule has 0 aliphatic heterocycles. The van der Waals surface area contributed by atoms with E-state index in [0.717, 1.165) is 28.4 Å². The molecule has 1 aromatic carbocycles. The van der Waals surface area contributed by atoms with Gasteiger partial charge in [0.2, 0.25) is 0 Å². The second-order valence-electron chi connectivity index (χ2n) is 5.99. The van der Waals surface area contributed by atoms with Crippen LogP contribution in [0.15, 0.2) is 18.2 Å². The van der Waals surface area contributed by atoms with Crippen LogP contribution in [0.4, 0.5) is 0 Å². The number of nitrogens with zero attached hydrogens (tertiary/aromatic N) is 2. The van der Waals surface area contributed by atoms with Gasteiger partial charge in [-0.15, -0.1) is 0 Å². The standard InChI is InChI=1S/C16H22ClN3/c1-11(2)20-15-9-12(17)7-8-14(15)19-16(20)10-18-13-5-3-4-6-13/h7-9,11,13,18H,3-6,10H2,1-2H3. The number of aromatic nitrogens is 2. The third-order valence-electron chi connectivity index (χ3n) is 4.15. The lowest BCUT2D eigenvalue weighted by atomic mass is 10.2. The maximum atomic E-state index is 6.13. The number of hydrogen-bond acceptors (Lipinski definition) is 2. The van der Waals surface area contributed by atoms with Crippen molar-refractivity contribution in [3.8, 4) is 0 Å². The van der Waals surface area contributed by atoms with Crippen LogP contribution in [-0.4, -0.2) is 15.6 Å². The van der Waals surface area contributed by atoms with Crippen molar-refractivity contribution < 1.29 is 0 Å². The summed E-state index contributed by atoms with van der Waals surface area (Å²) in [5.41, 5.74) is 2.17. The van der Waals surface area contributed by atoms with E-state index < -0.39 is 0 Å². The number of benzene rings is 1. The van der Waals surface area contributed by atoms with Crippen LogP contribution in [-0.2, 0) is 6.54 Å². The topological polar surface area (TPSA) is 29.9 Å². The van der Waals surface area contributed by atoms with Gasteiger partial charge in [-0.05, 0) is 44.9 Å². The summed E-state index contributed by atoms with van der Waals surface area (Å²) < 4.78 is 2.29. The molecule has 0 atom stereocenters. The van der Waals surface area contributed by atoms with Crippen LogP contribution < -0.4 is 5.32 Å². The molecular formula is C16H22ClN3. The molecule has 0 unspecified atom stereocenters. The molecule has 1 aliphatic rings. The number of nitrogens with one attached hydrogen (secondary N) is 1. The van der Waals surface area contributed by atoms with Crippen LogP contribution in [0.25, 0.3) is 11.0 Å². The summed E-state index contributed by atoms with van der Waals surface area (Å²) in [5.74, 6) is 1.11. The van der Waals surface area contributed by atoms with E-state index in [0.29, 0.717) is 12.1 Å². The second kappa shape index (κ2) is 5.74. The highest BCUT2D eigenvalue weighted by Crippen LogP contribution is 2.25. The summed E-state index contributed by atoms with van der Waals surface area (Å²) in [4.78, 5) is 4.78. The normalized spacial score (nSPS) is 16.6. The molecule has 3 rings (SSSR count). The van der Waals surface area contributed by atoms with Crippen LogP contribution in [0.2, 0.25) is 5.02 Å². The Balaban J connectivity index is 1.90. The molecule has 0 bridgehead atoms. The maximum Gasteiger partial charge on any atom is 0.124 e. The van der Waals surface area contributed by atoms with Crippen molar-refractivity contribution in [1.82, 2.24) is 14.9 Å². The molecule has 2 aromatic rings. The molecule has 20 heavy (non-hydrogen) atoms. The van der Waals surface area contributed by atoms with Gasteiger partial charge in [0.1, 0.15) is 5.82 Å². The van der Waals surface area contributed by atoms with Crippen molar-refractivity contribution in [1.29, 1.82) is 0 Å². The van der Waals surface area contributed by atoms with Crippen molar-refractivity contribution in [2.75, 3.05) is 0 Å². The lowest BCUT2D eigenvalue weighted by Gasteiger charge is -2.16. The minimum Gasteiger partial charge on any atom is -0.324 e. The van der Waals surface area contributed by atoms with Crippen molar-refractivity contribution in [2.45, 2.75) is 58.2 Å². The Morgan fingerprint density at radius 2 is 2.10 bits per heavy atom. The Morgan fingerprint density at radius 1 is 1.35 bits per heavy atom. The molecule has 4 heteroatoms. The highest BCUT2D eigenvalue weighted by molar-refractivity contribution is 6.31. The number of rotatable bonds is 4. The van der Waals surface area contributed by atoms with E-state index >= 15 is 0 Å². The van der Waals surface area contributed by atoms with Crippen LogP contribution in [0.5, 0.6) is 0 Å². The van der Waals surface area contributed by atoms with E-state index in [9.17, 15) is 0 Å². The van der Waals surface area contributed by atoms with E-state index in [4.69, 9.17) is 16.6 Å². The summed E-state index contributed by atoms with van der Waals surface area (Å²) >= 11 is 6.13. The third kappa shape index (κ3) is 2.70. The van der Waals surface area contributed by atoms with Crippen LogP contribution >= 0.6 is 11.6 Å². The average Bonchev–Trinajstić information content (AvgIpc) is 3.02. The van der Waals surface area contributed by atoms with Crippen LogP contribution in [0.3, 0.4) is 0 Å². The Hall–Kier alpha value is -1.06. The lowest BCUT2D eigenvalue weighted by Crippen LogP contribution is -2.27. The van der Waals surface area contributed by atoms with Gasteiger partial charge in [0.15, 0.2) is 0 Å². The summed E-state index contributed by atoms with van der Waals surface area (Å²) in [6, 6.07) is 6.99. The fourth-order valence-corrected chi connectivity index (χ4v) is 3.35. The Morgan fingerprint density at radius 3 is 2.80 bits per heavy atom. The van der Waals surface area contributed by atoms with E-state index in [2.05, 4.69) is 23.7 Å². The molecule has 0 saturated heterocycles. The average molecular weight is 292 g/mol. The van der Waals surface area contributed by atoms with Crippen LogP contribution in [0, 0.1) is 0 Å². The molecule has 0 radical (unpaired) electrons. The fraction of sp³-hybridized carbons (Fsp3) is 0.562. The molecule has 1 aliphatic carbocycles. The molecule has 1 fully saturated rings. The Labute approximate surface area is 125 Å². The fourth-order valence-electron chi connectivity index (χ4n) is 3.18. The minimum atomic E-state index is 0.388. The van der Waals surface area contributed by atoms with Gasteiger partial charge >= 0.3 is 0 Å². The first-order valence-electron chi connectivity index (χ1n) is 7.55. The summed E-state index contributed by atoms with van der Waals surface area (Å²) in [6.07, 6.45) is 5.31. The maximum absolute atomic E-state index is 6.13. The predicted molar refractivity (Wildman–Crippen MR) is 84.2 cm³/mol. The summed E-state index contributed by atoms with van der Waals surface area (Å²) in [7, 11) is 0. The molecule has 1 aromatic heterocycles. The molecule has 0 spiro atoms. The summed E-state index contributed by atoms with van der Waals surface area (Å²) in [5, 5.41) is 4.43. The first kappa shape index (κ1) is 13.9. The van der Waals surface area contributed by atoms with Crippen molar-refractivity contribution in [3.63, 3.8) is 0 Å². The molecule has 1 heterocycles. The third-order valence-corrected chi connectivity index (χ3v) is 4.38. The molecule has 3 nitrogen and oxygen atoms in total. The second-order valence-corrected chi connectivity index (χ2v) is 6.42. The van der Waals surface area contributed by atoms with Crippen molar-refractivity contribution >= 4 is 22.6 Å². The van der Waals surface area contributed by atoms with E-state index in [1.807, 2.05) is 18.2 Å². The van der Waals surface area contributed by atoms with Crippen LogP contribution in [0.1, 0.15) is 51.4 Å². The Bertz CT molecular complexity index is 597. The van der Waals surface area contributed by atoms with E-state index in [1.165, 1.54) is 25.7 Å². The van der Waals surface area contributed by atoms with Gasteiger partial charge < -0.3 is 9.88 Å². The largest absolute Gasteiger partial charge is 0.324 e. The van der Waals surface area contributed by atoms with E-state index in [-0.39, 0.29) is 0 Å². The molecular weight excluding hydrogens is 270 g/mol. The molecule has 0 amide bonds. The highest BCUT2D eigenvalue weighted by Gasteiger charge is 2.17. The monoisotopic (exact) mass is 291 g/mol. The molecule has 108 valence electrons. The Kier molecular flexibility index (Phi) is 3.99. The van der Waals surface area contributed by atoms with E-state index in [1.54, 1.807) is 0 Å². The smallest absolute Gasteiger partial charge is 0.124 e. The number of fused-ring (bicyclic) bond motifs is 1. The zero-order valence-electron chi connectivity index (χ0n) is 12.2. The van der Waals surface area contributed by atoms with Gasteiger partial charge in [0.05, 0.1) is 17.6 Å². The van der Waals surface area contributed by atoms with Gasteiger partial charge in [0, 0.05) is 17.1 Å². The lowest BCUT2D eigenvalue weighted by molar-refractivity contribution is 0.489. The number of halogens is 1. The zero-order valence-corrected chi connectivity index (χ0v) is 13.0. The van der Waals surface area contributed by atoms with Gasteiger partial charge in [-0.2, -0.15) is 0 Å². The van der Waals surface area contributed by atoms with Gasteiger partial charge in [0.25, 0.3) is 0 Å². The van der Waals surface area contributed by atoms with Gasteiger partial charge in [-0.1, -0.05) is 24.4 Å². The zero-order chi connectivity index (χ0) is 14.1. The van der Waals surface area contributed by atoms with Crippen molar-refractivity contribution in [2.24, 2.45) is 0 Å². The number of imidazole rings is 1. The minimum absolute atomic E-state index is 0.388. The SMILES string of the molecule is CC(C)n1c(CNC2CCCC2)nc2ccc(Cl)cc21. The molecule has 1 saturated carbocycles. The quantitative estimate of drug-likeness (QED) is 0.910. The van der Waals surface area contributed by atoms with Gasteiger partial charge in [-0.3, -0.25) is 0 Å². The first-order valence-corrected chi connectivity index (χ1v) is 7.92. The first-order chi connectivity index (χ1) is 9.65. The van der Waals surface area contributed by atoms with Crippen molar-refractivity contribution in [3.05, 3.63) is 29.0 Å². The van der Waals surface area contributed by atoms with Gasteiger partial charge in [-0.25, -0.2) is 4.98 Å². The summed E-state index contributed by atoms with van der Waals surface area (Å²) in [6.45, 7) is 5.23. The number of hydrogen-bond donors (Lipinski definition) is 1.